The summed E-state index contributed by atoms with van der Waals surface area (Å²) in [5, 5.41) is 14.6. The summed E-state index contributed by atoms with van der Waals surface area (Å²) < 4.78 is 1.90. The van der Waals surface area contributed by atoms with Crippen molar-refractivity contribution in [1.82, 2.24) is 30.3 Å². The van der Waals surface area contributed by atoms with Crippen molar-refractivity contribution in [3.63, 3.8) is 0 Å². The van der Waals surface area contributed by atoms with Crippen LogP contribution in [0.4, 0.5) is 0 Å². The molecule has 146 valence electrons. The Labute approximate surface area is 161 Å². The minimum absolute atomic E-state index is 0.594. The molecular weight excluding hydrogens is 338 g/mol. The molecule has 0 atom stereocenters. The Hall–Kier alpha value is -2.41. The zero-order valence-corrected chi connectivity index (χ0v) is 16.5. The number of nitrogens with one attached hydrogen (secondary N) is 2. The van der Waals surface area contributed by atoms with E-state index in [4.69, 9.17) is 0 Å². The molecule has 2 N–H and O–H groups in total. The predicted molar refractivity (Wildman–Crippen MR) is 108 cm³/mol. The molecule has 0 spiro atoms. The molecule has 0 aliphatic carbocycles. The van der Waals surface area contributed by atoms with Crippen molar-refractivity contribution in [1.29, 1.82) is 0 Å². The Morgan fingerprint density at radius 2 is 1.81 bits per heavy atom. The smallest absolute Gasteiger partial charge is 0.191 e. The van der Waals surface area contributed by atoms with Gasteiger partial charge in [0.1, 0.15) is 6.33 Å². The first-order valence-electron chi connectivity index (χ1n) is 9.90. The summed E-state index contributed by atoms with van der Waals surface area (Å²) in [7, 11) is 1.94. The predicted octanol–water partition coefficient (Wildman–Crippen LogP) is 2.06. The summed E-state index contributed by atoms with van der Waals surface area (Å²) in [5.41, 5.74) is 2.60. The maximum Gasteiger partial charge on any atom is 0.191 e. The first-order valence-corrected chi connectivity index (χ1v) is 9.90. The molecule has 7 heteroatoms. The van der Waals surface area contributed by atoms with Crippen LogP contribution in [0.25, 0.3) is 0 Å². The van der Waals surface area contributed by atoms with Crippen LogP contribution in [0.15, 0.2) is 35.6 Å². The highest BCUT2D eigenvalue weighted by atomic mass is 15.3. The van der Waals surface area contributed by atoms with Gasteiger partial charge in [0.25, 0.3) is 0 Å². The fraction of sp³-hybridized carbons (Fsp3) is 0.550. The lowest BCUT2D eigenvalue weighted by molar-refractivity contribution is 0.221. The van der Waals surface area contributed by atoms with Crippen molar-refractivity contribution >= 4 is 5.96 Å². The molecule has 7 nitrogen and oxygen atoms in total. The van der Waals surface area contributed by atoms with Crippen LogP contribution in [0.1, 0.15) is 43.1 Å². The molecule has 1 fully saturated rings. The average molecular weight is 370 g/mol. The molecule has 0 bridgehead atoms. The molecular formula is C20H31N7. The second kappa shape index (κ2) is 10.1. The third-order valence-electron chi connectivity index (χ3n) is 4.86. The number of hydrogen-bond acceptors (Lipinski definition) is 4. The van der Waals surface area contributed by atoms with Gasteiger partial charge in [0.2, 0.25) is 0 Å². The summed E-state index contributed by atoms with van der Waals surface area (Å²) in [6.45, 7) is 7.65. The van der Waals surface area contributed by atoms with E-state index in [1.54, 1.807) is 6.33 Å². The van der Waals surface area contributed by atoms with E-state index in [0.717, 1.165) is 24.9 Å². The van der Waals surface area contributed by atoms with E-state index in [1.165, 1.54) is 43.5 Å². The van der Waals surface area contributed by atoms with E-state index in [-0.39, 0.29) is 0 Å². The quantitative estimate of drug-likeness (QED) is 0.577. The van der Waals surface area contributed by atoms with Gasteiger partial charge in [0.05, 0.1) is 13.1 Å². The zero-order chi connectivity index (χ0) is 18.9. The van der Waals surface area contributed by atoms with Crippen molar-refractivity contribution in [2.24, 2.45) is 12.0 Å². The number of guanidine groups is 1. The molecule has 0 amide bonds. The number of rotatable bonds is 7. The van der Waals surface area contributed by atoms with Gasteiger partial charge in [-0.1, -0.05) is 30.7 Å². The Morgan fingerprint density at radius 3 is 2.48 bits per heavy atom. The number of nitrogens with zero attached hydrogens (tertiary/aromatic N) is 5. The van der Waals surface area contributed by atoms with Gasteiger partial charge in [-0.25, -0.2) is 4.99 Å². The van der Waals surface area contributed by atoms with Crippen LogP contribution in [0.2, 0.25) is 0 Å². The Kier molecular flexibility index (Phi) is 7.21. The number of aliphatic imine (C=N–C) groups is 1. The fourth-order valence-corrected chi connectivity index (χ4v) is 3.27. The standard InChI is InChI=1S/C20H31N7/c1-3-21-20(23-14-19-25-24-16-26(19)2)22-13-17-7-9-18(10-8-17)15-27-11-5-4-6-12-27/h7-10,16H,3-6,11-15H2,1-2H3,(H2,21,22,23). The van der Waals surface area contributed by atoms with E-state index in [1.807, 2.05) is 11.6 Å². The summed E-state index contributed by atoms with van der Waals surface area (Å²) >= 11 is 0. The molecule has 0 saturated carbocycles. The number of benzene rings is 1. The van der Waals surface area contributed by atoms with Gasteiger partial charge in [-0.2, -0.15) is 0 Å². The first kappa shape index (κ1) is 19.4. The molecule has 2 heterocycles. The summed E-state index contributed by atoms with van der Waals surface area (Å²) in [6, 6.07) is 8.85. The van der Waals surface area contributed by atoms with Crippen LogP contribution in [0.5, 0.6) is 0 Å². The third-order valence-corrected chi connectivity index (χ3v) is 4.86. The largest absolute Gasteiger partial charge is 0.357 e. The van der Waals surface area contributed by atoms with E-state index in [2.05, 4.69) is 61.9 Å². The lowest BCUT2D eigenvalue weighted by Gasteiger charge is -2.26. The summed E-state index contributed by atoms with van der Waals surface area (Å²) in [5.74, 6) is 1.67. The number of aryl methyl sites for hydroxylation is 1. The van der Waals surface area contributed by atoms with E-state index < -0.39 is 0 Å². The van der Waals surface area contributed by atoms with Crippen LogP contribution < -0.4 is 10.6 Å². The molecule has 27 heavy (non-hydrogen) atoms. The number of likely N-dealkylation sites (tertiary alicyclic amines) is 1. The zero-order valence-electron chi connectivity index (χ0n) is 16.5. The lowest BCUT2D eigenvalue weighted by atomic mass is 10.1. The minimum atomic E-state index is 0.594. The van der Waals surface area contributed by atoms with E-state index >= 15 is 0 Å². The fourth-order valence-electron chi connectivity index (χ4n) is 3.27. The molecule has 2 aromatic rings. The Morgan fingerprint density at radius 1 is 1.07 bits per heavy atom. The van der Waals surface area contributed by atoms with Gasteiger partial charge in [-0.15, -0.1) is 10.2 Å². The van der Waals surface area contributed by atoms with Crippen LogP contribution in [-0.4, -0.2) is 45.3 Å². The van der Waals surface area contributed by atoms with Gasteiger partial charge >= 0.3 is 0 Å². The monoisotopic (exact) mass is 369 g/mol. The normalized spacial score (nSPS) is 15.7. The van der Waals surface area contributed by atoms with Crippen molar-refractivity contribution < 1.29 is 0 Å². The van der Waals surface area contributed by atoms with Gasteiger partial charge < -0.3 is 15.2 Å². The molecule has 3 rings (SSSR count). The van der Waals surface area contributed by atoms with Crippen molar-refractivity contribution in [3.8, 4) is 0 Å². The number of aromatic nitrogens is 3. The van der Waals surface area contributed by atoms with Crippen LogP contribution in [-0.2, 0) is 26.7 Å². The molecule has 1 aromatic carbocycles. The minimum Gasteiger partial charge on any atom is -0.357 e. The summed E-state index contributed by atoms with van der Waals surface area (Å²) in [6.07, 6.45) is 5.75. The highest BCUT2D eigenvalue weighted by Gasteiger charge is 2.10. The van der Waals surface area contributed by atoms with Gasteiger partial charge in [-0.05, 0) is 44.0 Å². The number of piperidine rings is 1. The molecule has 1 aromatic heterocycles. The van der Waals surface area contributed by atoms with Crippen LogP contribution >= 0.6 is 0 Å². The van der Waals surface area contributed by atoms with Crippen LogP contribution in [0, 0.1) is 0 Å². The Bertz CT molecular complexity index is 714. The molecule has 0 unspecified atom stereocenters. The Balaban J connectivity index is 1.52. The van der Waals surface area contributed by atoms with Gasteiger partial charge in [0.15, 0.2) is 11.8 Å². The lowest BCUT2D eigenvalue weighted by Crippen LogP contribution is -2.37. The van der Waals surface area contributed by atoms with Gasteiger partial charge in [0, 0.05) is 20.1 Å². The van der Waals surface area contributed by atoms with Crippen LogP contribution in [0.3, 0.4) is 0 Å². The average Bonchev–Trinajstić information content (AvgIpc) is 3.11. The van der Waals surface area contributed by atoms with Gasteiger partial charge in [-0.3, -0.25) is 4.90 Å². The van der Waals surface area contributed by atoms with E-state index in [9.17, 15) is 0 Å². The third kappa shape index (κ3) is 6.06. The SMILES string of the molecule is CCNC(=NCc1ccc(CN2CCCCC2)cc1)NCc1nncn1C. The highest BCUT2D eigenvalue weighted by molar-refractivity contribution is 5.79. The first-order chi connectivity index (χ1) is 13.2. The van der Waals surface area contributed by atoms with E-state index in [0.29, 0.717) is 13.1 Å². The maximum absolute atomic E-state index is 4.68. The molecule has 1 saturated heterocycles. The molecule has 1 aliphatic heterocycles. The maximum atomic E-state index is 4.68. The topological polar surface area (TPSA) is 70.4 Å². The molecule has 0 radical (unpaired) electrons. The molecule has 1 aliphatic rings. The van der Waals surface area contributed by atoms with Crippen molar-refractivity contribution in [3.05, 3.63) is 47.5 Å². The van der Waals surface area contributed by atoms with Crippen molar-refractivity contribution in [2.75, 3.05) is 19.6 Å². The number of hydrogen-bond donors (Lipinski definition) is 2. The highest BCUT2D eigenvalue weighted by Crippen LogP contribution is 2.14. The second-order valence-electron chi connectivity index (χ2n) is 7.06. The second-order valence-corrected chi connectivity index (χ2v) is 7.06. The summed E-state index contributed by atoms with van der Waals surface area (Å²) in [4.78, 5) is 7.24. The van der Waals surface area contributed by atoms with Crippen molar-refractivity contribution in [2.45, 2.75) is 45.8 Å².